The number of amides is 2. The molecule has 0 spiro atoms. The maximum atomic E-state index is 14.6. The Labute approximate surface area is 230 Å². The molecule has 1 saturated carbocycles. The number of piperazine rings is 1. The fourth-order valence-electron chi connectivity index (χ4n) is 6.15. The highest BCUT2D eigenvalue weighted by molar-refractivity contribution is 5.97. The van der Waals surface area contributed by atoms with Gasteiger partial charge in [0.05, 0.1) is 0 Å². The van der Waals surface area contributed by atoms with Crippen LogP contribution < -0.4 is 0 Å². The zero-order chi connectivity index (χ0) is 27.7. The molecular formula is C32H40FN3O3. The molecule has 0 N–H and O–H groups in total. The quantitative estimate of drug-likeness (QED) is 0.374. The third-order valence-electron chi connectivity index (χ3n) is 8.17. The maximum absolute atomic E-state index is 14.6. The van der Waals surface area contributed by atoms with E-state index in [1.807, 2.05) is 57.0 Å². The Kier molecular flexibility index (Phi) is 7.70. The van der Waals surface area contributed by atoms with Crippen LogP contribution in [0.3, 0.4) is 0 Å². The van der Waals surface area contributed by atoms with Gasteiger partial charge in [-0.25, -0.2) is 9.18 Å². The second-order valence-corrected chi connectivity index (χ2v) is 12.0. The first-order chi connectivity index (χ1) is 18.6. The molecule has 3 aromatic rings. The second-order valence-electron chi connectivity index (χ2n) is 12.0. The molecule has 7 heteroatoms. The van der Waals surface area contributed by atoms with Gasteiger partial charge >= 0.3 is 6.09 Å². The van der Waals surface area contributed by atoms with Gasteiger partial charge in [0.15, 0.2) is 0 Å². The Hall–Kier alpha value is -3.35. The van der Waals surface area contributed by atoms with Crippen LogP contribution in [0.2, 0.25) is 0 Å². The van der Waals surface area contributed by atoms with Crippen molar-refractivity contribution in [3.8, 4) is 0 Å². The summed E-state index contributed by atoms with van der Waals surface area (Å²) in [7, 11) is 0. The number of hydrogen-bond acceptors (Lipinski definition) is 3. The van der Waals surface area contributed by atoms with Crippen LogP contribution >= 0.6 is 0 Å². The third kappa shape index (κ3) is 5.68. The van der Waals surface area contributed by atoms with Gasteiger partial charge in [-0.3, -0.25) is 4.79 Å². The predicted octanol–water partition coefficient (Wildman–Crippen LogP) is 6.72. The summed E-state index contributed by atoms with van der Waals surface area (Å²) in [4.78, 5) is 30.4. The van der Waals surface area contributed by atoms with E-state index in [9.17, 15) is 14.0 Å². The zero-order valence-corrected chi connectivity index (χ0v) is 23.6. The van der Waals surface area contributed by atoms with Crippen LogP contribution in [0, 0.1) is 12.7 Å². The summed E-state index contributed by atoms with van der Waals surface area (Å²) in [6.07, 6.45) is 7.96. The average molecular weight is 534 g/mol. The number of halogens is 1. The number of nitrogens with zero attached hydrogens (tertiary/aromatic N) is 3. The lowest BCUT2D eigenvalue weighted by Gasteiger charge is -2.35. The van der Waals surface area contributed by atoms with Gasteiger partial charge in [0.25, 0.3) is 5.91 Å². The Balaban J connectivity index is 1.52. The Morgan fingerprint density at radius 2 is 1.64 bits per heavy atom. The van der Waals surface area contributed by atoms with Gasteiger partial charge in [-0.05, 0) is 86.9 Å². The van der Waals surface area contributed by atoms with Gasteiger partial charge in [-0.2, -0.15) is 0 Å². The fraction of sp³-hybridized carbons (Fsp3) is 0.500. The van der Waals surface area contributed by atoms with Crippen LogP contribution in [0.4, 0.5) is 9.18 Å². The molecule has 1 aliphatic heterocycles. The summed E-state index contributed by atoms with van der Waals surface area (Å²) in [5.41, 5.74) is 4.98. The van der Waals surface area contributed by atoms with Gasteiger partial charge in [-0.1, -0.05) is 37.5 Å². The van der Waals surface area contributed by atoms with E-state index in [0.717, 1.165) is 29.5 Å². The summed E-state index contributed by atoms with van der Waals surface area (Å²) in [6.45, 7) is 9.12. The van der Waals surface area contributed by atoms with Crippen LogP contribution in [0.5, 0.6) is 0 Å². The van der Waals surface area contributed by atoms with Gasteiger partial charge < -0.3 is 18.9 Å². The van der Waals surface area contributed by atoms with E-state index in [-0.39, 0.29) is 17.8 Å². The van der Waals surface area contributed by atoms with Crippen molar-refractivity contribution in [3.05, 3.63) is 76.4 Å². The number of aromatic nitrogens is 1. The number of carbonyl (C=O) groups excluding carboxylic acids is 2. The molecule has 3 heterocycles. The van der Waals surface area contributed by atoms with Crippen molar-refractivity contribution in [3.63, 3.8) is 0 Å². The minimum Gasteiger partial charge on any atom is -0.444 e. The lowest BCUT2D eigenvalue weighted by Crippen LogP contribution is -2.51. The van der Waals surface area contributed by atoms with Crippen molar-refractivity contribution in [1.29, 1.82) is 0 Å². The highest BCUT2D eigenvalue weighted by Gasteiger charge is 2.33. The molecule has 1 aliphatic carbocycles. The van der Waals surface area contributed by atoms with E-state index >= 15 is 0 Å². The molecule has 5 rings (SSSR count). The smallest absolute Gasteiger partial charge is 0.410 e. The highest BCUT2D eigenvalue weighted by atomic mass is 19.1. The van der Waals surface area contributed by atoms with E-state index in [1.54, 1.807) is 11.0 Å². The van der Waals surface area contributed by atoms with E-state index in [4.69, 9.17) is 4.74 Å². The maximum Gasteiger partial charge on any atom is 0.410 e. The van der Waals surface area contributed by atoms with Crippen LogP contribution in [-0.4, -0.2) is 58.0 Å². The first-order valence-corrected chi connectivity index (χ1v) is 14.3. The van der Waals surface area contributed by atoms with Crippen molar-refractivity contribution < 1.29 is 18.7 Å². The first-order valence-electron chi connectivity index (χ1n) is 14.3. The van der Waals surface area contributed by atoms with Gasteiger partial charge in [0.2, 0.25) is 0 Å². The lowest BCUT2D eigenvalue weighted by atomic mass is 9.81. The van der Waals surface area contributed by atoms with Crippen LogP contribution in [0.25, 0.3) is 5.52 Å². The molecular weight excluding hydrogens is 493 g/mol. The van der Waals surface area contributed by atoms with Gasteiger partial charge in [-0.15, -0.1) is 0 Å². The largest absolute Gasteiger partial charge is 0.444 e. The SMILES string of the molecule is Cc1c(F)cccc1Cc1c(C2CCCCC2)c2ccccn2c1C(=O)N1CCN(C(=O)OC(C)(C)C)CC1. The Morgan fingerprint density at radius 1 is 0.949 bits per heavy atom. The molecule has 0 atom stereocenters. The molecule has 2 fully saturated rings. The van der Waals surface area contributed by atoms with Crippen LogP contribution in [0.1, 0.15) is 91.5 Å². The molecule has 0 radical (unpaired) electrons. The number of carbonyl (C=O) groups is 2. The minimum absolute atomic E-state index is 0.0360. The Bertz CT molecular complexity index is 1360. The molecule has 39 heavy (non-hydrogen) atoms. The van der Waals surface area contributed by atoms with Gasteiger partial charge in [0, 0.05) is 44.3 Å². The van der Waals surface area contributed by atoms with Crippen molar-refractivity contribution in [1.82, 2.24) is 14.2 Å². The molecule has 2 aliphatic rings. The van der Waals surface area contributed by atoms with E-state index < -0.39 is 5.60 Å². The predicted molar refractivity (Wildman–Crippen MR) is 151 cm³/mol. The second kappa shape index (κ2) is 11.0. The van der Waals surface area contributed by atoms with E-state index in [1.165, 1.54) is 30.9 Å². The summed E-state index contributed by atoms with van der Waals surface area (Å²) < 4.78 is 22.2. The average Bonchev–Trinajstić information content (AvgIpc) is 3.24. The normalized spacial score (nSPS) is 17.1. The van der Waals surface area contributed by atoms with Gasteiger partial charge in [0.1, 0.15) is 17.1 Å². The number of pyridine rings is 1. The summed E-state index contributed by atoms with van der Waals surface area (Å²) in [5.74, 6) is 0.123. The standard InChI is InChI=1S/C32H40FN3O3/c1-22-24(13-10-14-26(22)33)21-25-28(23-11-6-5-7-12-23)27-15-8-9-16-36(27)29(25)30(37)34-17-19-35(20-18-34)31(38)39-32(2,3)4/h8-10,13-16,23H,5-7,11-12,17-21H2,1-4H3. The first kappa shape index (κ1) is 27.2. The summed E-state index contributed by atoms with van der Waals surface area (Å²) in [5, 5.41) is 0. The number of benzene rings is 1. The highest BCUT2D eigenvalue weighted by Crippen LogP contribution is 2.41. The zero-order valence-electron chi connectivity index (χ0n) is 23.6. The topological polar surface area (TPSA) is 54.3 Å². The minimum atomic E-state index is -0.561. The number of hydrogen-bond donors (Lipinski definition) is 0. The number of fused-ring (bicyclic) bond motifs is 1. The molecule has 1 aromatic carbocycles. The molecule has 2 amide bonds. The van der Waals surface area contributed by atoms with Crippen molar-refractivity contribution >= 4 is 17.5 Å². The molecule has 6 nitrogen and oxygen atoms in total. The summed E-state index contributed by atoms with van der Waals surface area (Å²) in [6, 6.07) is 11.3. The van der Waals surface area contributed by atoms with Crippen LogP contribution in [0.15, 0.2) is 42.6 Å². The fourth-order valence-corrected chi connectivity index (χ4v) is 6.15. The number of ether oxygens (including phenoxy) is 1. The van der Waals surface area contributed by atoms with Crippen LogP contribution in [-0.2, 0) is 11.2 Å². The van der Waals surface area contributed by atoms with Crippen molar-refractivity contribution in [2.75, 3.05) is 26.2 Å². The molecule has 0 unspecified atom stereocenters. The molecule has 2 aromatic heterocycles. The van der Waals surface area contributed by atoms with E-state index in [0.29, 0.717) is 49.8 Å². The monoisotopic (exact) mass is 533 g/mol. The third-order valence-corrected chi connectivity index (χ3v) is 8.17. The summed E-state index contributed by atoms with van der Waals surface area (Å²) >= 11 is 0. The molecule has 1 saturated heterocycles. The molecule has 0 bridgehead atoms. The Morgan fingerprint density at radius 3 is 2.33 bits per heavy atom. The van der Waals surface area contributed by atoms with Crippen molar-refractivity contribution in [2.45, 2.75) is 77.7 Å². The number of rotatable bonds is 4. The lowest BCUT2D eigenvalue weighted by molar-refractivity contribution is 0.0140. The van der Waals surface area contributed by atoms with E-state index in [2.05, 4.69) is 10.5 Å². The molecule has 208 valence electrons. The van der Waals surface area contributed by atoms with Crippen molar-refractivity contribution in [2.24, 2.45) is 0 Å².